The molecular weight excluding hydrogens is 383 g/mol. The van der Waals surface area contributed by atoms with Gasteiger partial charge in [0.05, 0.1) is 12.1 Å². The summed E-state index contributed by atoms with van der Waals surface area (Å²) in [6.07, 6.45) is 0.678. The molecule has 0 radical (unpaired) electrons. The molecule has 0 unspecified atom stereocenters. The van der Waals surface area contributed by atoms with Crippen LogP contribution < -0.4 is 4.74 Å². The highest BCUT2D eigenvalue weighted by Crippen LogP contribution is 2.35. The largest absolute Gasteiger partial charge is 0.503 e. The zero-order valence-electron chi connectivity index (χ0n) is 15.9. The highest BCUT2D eigenvalue weighted by Gasteiger charge is 2.27. The van der Waals surface area contributed by atoms with Crippen molar-refractivity contribution < 1.29 is 19.3 Å². The van der Waals surface area contributed by atoms with Gasteiger partial charge >= 0.3 is 0 Å². The zero-order chi connectivity index (χ0) is 20.1. The first-order chi connectivity index (χ1) is 13.5. The summed E-state index contributed by atoms with van der Waals surface area (Å²) in [5.41, 5.74) is 2.03. The Balaban J connectivity index is 1.66. The summed E-state index contributed by atoms with van der Waals surface area (Å²) in [5.74, 6) is 0.0861. The first-order valence-electron chi connectivity index (χ1n) is 9.37. The van der Waals surface area contributed by atoms with Crippen molar-refractivity contribution in [2.24, 2.45) is 0 Å². The van der Waals surface area contributed by atoms with E-state index in [1.54, 1.807) is 12.1 Å². The number of phenols is 1. The van der Waals surface area contributed by atoms with Crippen molar-refractivity contribution in [3.05, 3.63) is 58.4 Å². The van der Waals surface area contributed by atoms with Gasteiger partial charge in [0.25, 0.3) is 0 Å². The Morgan fingerprint density at radius 2 is 1.89 bits per heavy atom. The van der Waals surface area contributed by atoms with Crippen LogP contribution in [-0.2, 0) is 13.1 Å². The number of benzene rings is 2. The van der Waals surface area contributed by atoms with E-state index < -0.39 is 0 Å². The highest BCUT2D eigenvalue weighted by atomic mass is 35.5. The predicted molar refractivity (Wildman–Crippen MR) is 107 cm³/mol. The molecular formula is C21H26ClFN2O3. The van der Waals surface area contributed by atoms with Crippen molar-refractivity contribution in [3.8, 4) is 11.5 Å². The van der Waals surface area contributed by atoms with Gasteiger partial charge in [0.2, 0.25) is 0 Å². The number of hydrogen-bond acceptors (Lipinski definition) is 5. The third-order valence-electron chi connectivity index (χ3n) is 5.16. The van der Waals surface area contributed by atoms with E-state index in [2.05, 4.69) is 9.80 Å². The molecule has 1 aliphatic rings. The quantitative estimate of drug-likeness (QED) is 0.736. The Morgan fingerprint density at radius 3 is 2.57 bits per heavy atom. The minimum Gasteiger partial charge on any atom is -0.503 e. The summed E-state index contributed by atoms with van der Waals surface area (Å²) in [6.45, 7) is 4.06. The van der Waals surface area contributed by atoms with E-state index >= 15 is 0 Å². The number of nitrogens with zero attached hydrogens (tertiary/aromatic N) is 2. The molecule has 0 amide bonds. The molecule has 0 aliphatic carbocycles. The molecule has 0 bridgehead atoms. The van der Waals surface area contributed by atoms with Gasteiger partial charge in [-0.05, 0) is 41.8 Å². The normalized spacial score (nSPS) is 18.4. The third kappa shape index (κ3) is 5.14. The van der Waals surface area contributed by atoms with Gasteiger partial charge in [-0.3, -0.25) is 9.80 Å². The zero-order valence-corrected chi connectivity index (χ0v) is 16.7. The average Bonchev–Trinajstić information content (AvgIpc) is 2.68. The number of phenolic OH excluding ortho intramolecular Hbond substituents is 1. The van der Waals surface area contributed by atoms with E-state index in [4.69, 9.17) is 16.3 Å². The van der Waals surface area contributed by atoms with Crippen LogP contribution in [0, 0.1) is 5.82 Å². The van der Waals surface area contributed by atoms with Crippen molar-refractivity contribution >= 4 is 11.6 Å². The Labute approximate surface area is 169 Å². The van der Waals surface area contributed by atoms with Crippen molar-refractivity contribution in [1.82, 2.24) is 9.80 Å². The van der Waals surface area contributed by atoms with Gasteiger partial charge in [0.1, 0.15) is 5.82 Å². The summed E-state index contributed by atoms with van der Waals surface area (Å²) in [6, 6.07) is 10.3. The number of hydrogen-bond donors (Lipinski definition) is 2. The van der Waals surface area contributed by atoms with Crippen LogP contribution in [0.5, 0.6) is 11.5 Å². The highest BCUT2D eigenvalue weighted by molar-refractivity contribution is 6.32. The lowest BCUT2D eigenvalue weighted by atomic mass is 10.1. The molecule has 3 rings (SSSR count). The Bertz CT molecular complexity index is 788. The fourth-order valence-electron chi connectivity index (χ4n) is 3.69. The van der Waals surface area contributed by atoms with Gasteiger partial charge in [-0.1, -0.05) is 23.7 Å². The molecule has 1 heterocycles. The second-order valence-corrected chi connectivity index (χ2v) is 7.53. The standard InChI is InChI=1S/C21H26ClFN2O3/c1-28-20-11-16(10-19(22)21(20)27)12-24-7-8-25(18(14-24)6-9-26)13-15-2-4-17(23)5-3-15/h2-5,10-11,18,26-27H,6-9,12-14H2,1H3/t18-/m1/s1. The Kier molecular flexibility index (Phi) is 7.13. The van der Waals surface area contributed by atoms with E-state index in [1.165, 1.54) is 19.2 Å². The molecule has 1 aliphatic heterocycles. The first-order valence-corrected chi connectivity index (χ1v) is 9.75. The number of aliphatic hydroxyl groups excluding tert-OH is 1. The van der Waals surface area contributed by atoms with Gasteiger partial charge < -0.3 is 14.9 Å². The monoisotopic (exact) mass is 408 g/mol. The fourth-order valence-corrected chi connectivity index (χ4v) is 3.92. The summed E-state index contributed by atoms with van der Waals surface area (Å²) in [4.78, 5) is 4.65. The van der Waals surface area contributed by atoms with Gasteiger partial charge in [0.15, 0.2) is 11.5 Å². The molecule has 1 atom stereocenters. The first kappa shape index (κ1) is 20.9. The molecule has 7 heteroatoms. The SMILES string of the molecule is COc1cc(CN2CCN(Cc3ccc(F)cc3)[C@H](CCO)C2)cc(Cl)c1O. The van der Waals surface area contributed by atoms with E-state index in [9.17, 15) is 14.6 Å². The summed E-state index contributed by atoms with van der Waals surface area (Å²) in [7, 11) is 1.50. The lowest BCUT2D eigenvalue weighted by Gasteiger charge is -2.41. The maximum absolute atomic E-state index is 13.1. The van der Waals surface area contributed by atoms with Crippen molar-refractivity contribution in [2.45, 2.75) is 25.6 Å². The van der Waals surface area contributed by atoms with E-state index in [1.807, 2.05) is 12.1 Å². The summed E-state index contributed by atoms with van der Waals surface area (Å²) in [5, 5.41) is 19.7. The van der Waals surface area contributed by atoms with Crippen molar-refractivity contribution in [3.63, 3.8) is 0 Å². The number of aromatic hydroxyl groups is 1. The van der Waals surface area contributed by atoms with Crippen LogP contribution in [0.4, 0.5) is 4.39 Å². The second-order valence-electron chi connectivity index (χ2n) is 7.13. The molecule has 1 fully saturated rings. The van der Waals surface area contributed by atoms with Crippen LogP contribution >= 0.6 is 11.6 Å². The van der Waals surface area contributed by atoms with E-state index in [0.29, 0.717) is 18.7 Å². The van der Waals surface area contributed by atoms with Gasteiger partial charge in [-0.2, -0.15) is 0 Å². The third-order valence-corrected chi connectivity index (χ3v) is 5.45. The van der Waals surface area contributed by atoms with Crippen LogP contribution in [-0.4, -0.2) is 59.4 Å². The van der Waals surface area contributed by atoms with Gasteiger partial charge in [-0.25, -0.2) is 4.39 Å². The molecule has 0 aromatic heterocycles. The number of rotatable bonds is 7. The van der Waals surface area contributed by atoms with Crippen molar-refractivity contribution in [1.29, 1.82) is 0 Å². The minimum atomic E-state index is -0.233. The van der Waals surface area contributed by atoms with Crippen molar-refractivity contribution in [2.75, 3.05) is 33.4 Å². The predicted octanol–water partition coefficient (Wildman–Crippen LogP) is 3.26. The molecule has 28 heavy (non-hydrogen) atoms. The van der Waals surface area contributed by atoms with Crippen LogP contribution in [0.3, 0.4) is 0 Å². The average molecular weight is 409 g/mol. The number of ether oxygens (including phenoxy) is 1. The summed E-state index contributed by atoms with van der Waals surface area (Å²) >= 11 is 6.10. The second kappa shape index (κ2) is 9.56. The molecule has 2 N–H and O–H groups in total. The van der Waals surface area contributed by atoms with Crippen LogP contribution in [0.1, 0.15) is 17.5 Å². The van der Waals surface area contributed by atoms with E-state index in [0.717, 1.165) is 37.3 Å². The molecule has 0 saturated carbocycles. The lowest BCUT2D eigenvalue weighted by Crippen LogP contribution is -2.52. The van der Waals surface area contributed by atoms with Crippen LogP contribution in [0.2, 0.25) is 5.02 Å². The Hall–Kier alpha value is -1.86. The smallest absolute Gasteiger partial charge is 0.176 e. The topological polar surface area (TPSA) is 56.2 Å². The minimum absolute atomic E-state index is 0.0461. The van der Waals surface area contributed by atoms with E-state index in [-0.39, 0.29) is 29.2 Å². The molecule has 152 valence electrons. The molecule has 2 aromatic carbocycles. The molecule has 1 saturated heterocycles. The molecule has 0 spiro atoms. The number of halogens is 2. The number of aliphatic hydroxyl groups is 1. The number of piperazine rings is 1. The maximum atomic E-state index is 13.1. The molecule has 2 aromatic rings. The van der Waals surface area contributed by atoms with Crippen LogP contribution in [0.15, 0.2) is 36.4 Å². The van der Waals surface area contributed by atoms with Crippen LogP contribution in [0.25, 0.3) is 0 Å². The number of methoxy groups -OCH3 is 1. The lowest BCUT2D eigenvalue weighted by molar-refractivity contribution is 0.0499. The maximum Gasteiger partial charge on any atom is 0.176 e. The molecule has 5 nitrogen and oxygen atoms in total. The van der Waals surface area contributed by atoms with Gasteiger partial charge in [-0.15, -0.1) is 0 Å². The fraction of sp³-hybridized carbons (Fsp3) is 0.429. The summed E-state index contributed by atoms with van der Waals surface area (Å²) < 4.78 is 18.3. The Morgan fingerprint density at radius 1 is 1.14 bits per heavy atom. The van der Waals surface area contributed by atoms with Gasteiger partial charge in [0, 0.05) is 45.4 Å².